The number of carbonyl (C=O) groups is 2. The van der Waals surface area contributed by atoms with Gasteiger partial charge < -0.3 is 15.4 Å². The average Bonchev–Trinajstić information content (AvgIpc) is 2.66. The molecule has 1 aromatic heterocycles. The SMILES string of the molecule is CCCNC(=O)c1cncc(C(=O)NCCc2cccc(OC)c2)c1. The molecular weight excluding hydrogens is 318 g/mol. The molecule has 0 unspecified atom stereocenters. The largest absolute Gasteiger partial charge is 0.497 e. The fourth-order valence-electron chi connectivity index (χ4n) is 2.28. The van der Waals surface area contributed by atoms with Gasteiger partial charge in [0.2, 0.25) is 0 Å². The van der Waals surface area contributed by atoms with Gasteiger partial charge in [0.15, 0.2) is 0 Å². The summed E-state index contributed by atoms with van der Waals surface area (Å²) in [7, 11) is 1.62. The van der Waals surface area contributed by atoms with Crippen LogP contribution in [0.15, 0.2) is 42.7 Å². The van der Waals surface area contributed by atoms with Gasteiger partial charge in [-0.05, 0) is 36.6 Å². The number of hydrogen-bond acceptors (Lipinski definition) is 4. The van der Waals surface area contributed by atoms with E-state index in [2.05, 4.69) is 15.6 Å². The van der Waals surface area contributed by atoms with Crippen LogP contribution in [0, 0.1) is 0 Å². The number of nitrogens with zero attached hydrogens (tertiary/aromatic N) is 1. The Labute approximate surface area is 147 Å². The molecule has 25 heavy (non-hydrogen) atoms. The molecule has 6 nitrogen and oxygen atoms in total. The highest BCUT2D eigenvalue weighted by Crippen LogP contribution is 2.12. The minimum atomic E-state index is -0.250. The van der Waals surface area contributed by atoms with Crippen molar-refractivity contribution in [2.75, 3.05) is 20.2 Å². The molecule has 0 spiro atoms. The Morgan fingerprint density at radius 2 is 1.72 bits per heavy atom. The number of carbonyl (C=O) groups excluding carboxylic acids is 2. The Bertz CT molecular complexity index is 731. The van der Waals surface area contributed by atoms with Crippen LogP contribution in [-0.4, -0.2) is 37.0 Å². The highest BCUT2D eigenvalue weighted by molar-refractivity contribution is 5.99. The lowest BCUT2D eigenvalue weighted by molar-refractivity contribution is 0.0953. The normalized spacial score (nSPS) is 10.2. The van der Waals surface area contributed by atoms with Gasteiger partial charge in [0.05, 0.1) is 18.2 Å². The van der Waals surface area contributed by atoms with Crippen LogP contribution in [-0.2, 0) is 6.42 Å². The topological polar surface area (TPSA) is 80.3 Å². The summed E-state index contributed by atoms with van der Waals surface area (Å²) in [5.74, 6) is 0.319. The Kier molecular flexibility index (Phi) is 6.95. The monoisotopic (exact) mass is 341 g/mol. The quantitative estimate of drug-likeness (QED) is 0.771. The van der Waals surface area contributed by atoms with E-state index in [1.807, 2.05) is 31.2 Å². The molecule has 2 rings (SSSR count). The first kappa shape index (κ1) is 18.4. The van der Waals surface area contributed by atoms with Gasteiger partial charge >= 0.3 is 0 Å². The van der Waals surface area contributed by atoms with Gasteiger partial charge in [-0.1, -0.05) is 19.1 Å². The van der Waals surface area contributed by atoms with Gasteiger partial charge in [-0.3, -0.25) is 14.6 Å². The third-order valence-electron chi connectivity index (χ3n) is 3.63. The van der Waals surface area contributed by atoms with Crippen molar-refractivity contribution in [1.29, 1.82) is 0 Å². The second kappa shape index (κ2) is 9.42. The molecule has 0 radical (unpaired) electrons. The highest BCUT2D eigenvalue weighted by atomic mass is 16.5. The molecule has 1 heterocycles. The van der Waals surface area contributed by atoms with E-state index in [0.717, 1.165) is 17.7 Å². The van der Waals surface area contributed by atoms with Crippen molar-refractivity contribution in [2.24, 2.45) is 0 Å². The van der Waals surface area contributed by atoms with E-state index >= 15 is 0 Å². The van der Waals surface area contributed by atoms with E-state index < -0.39 is 0 Å². The van der Waals surface area contributed by atoms with Crippen molar-refractivity contribution in [3.63, 3.8) is 0 Å². The molecular formula is C19H23N3O3. The molecule has 6 heteroatoms. The summed E-state index contributed by atoms with van der Waals surface area (Å²) in [5.41, 5.74) is 1.83. The summed E-state index contributed by atoms with van der Waals surface area (Å²) < 4.78 is 5.18. The van der Waals surface area contributed by atoms with Crippen LogP contribution in [0.3, 0.4) is 0 Å². The van der Waals surface area contributed by atoms with E-state index in [4.69, 9.17) is 4.74 Å². The van der Waals surface area contributed by atoms with Crippen molar-refractivity contribution in [3.05, 3.63) is 59.4 Å². The summed E-state index contributed by atoms with van der Waals surface area (Å²) in [6.45, 7) is 3.05. The van der Waals surface area contributed by atoms with Gasteiger partial charge in [-0.25, -0.2) is 0 Å². The van der Waals surface area contributed by atoms with Crippen molar-refractivity contribution in [1.82, 2.24) is 15.6 Å². The maximum atomic E-state index is 12.2. The van der Waals surface area contributed by atoms with E-state index in [0.29, 0.717) is 30.6 Å². The fourth-order valence-corrected chi connectivity index (χ4v) is 2.28. The van der Waals surface area contributed by atoms with Crippen LogP contribution in [0.5, 0.6) is 5.75 Å². The maximum Gasteiger partial charge on any atom is 0.252 e. The van der Waals surface area contributed by atoms with Gasteiger partial charge in [-0.15, -0.1) is 0 Å². The van der Waals surface area contributed by atoms with Gasteiger partial charge in [0.1, 0.15) is 5.75 Å². The van der Waals surface area contributed by atoms with Crippen LogP contribution in [0.2, 0.25) is 0 Å². The van der Waals surface area contributed by atoms with Crippen LogP contribution < -0.4 is 15.4 Å². The van der Waals surface area contributed by atoms with Crippen LogP contribution in [0.4, 0.5) is 0 Å². The Morgan fingerprint density at radius 3 is 2.36 bits per heavy atom. The van der Waals surface area contributed by atoms with Crippen molar-refractivity contribution in [2.45, 2.75) is 19.8 Å². The molecule has 2 amide bonds. The van der Waals surface area contributed by atoms with Crippen molar-refractivity contribution >= 4 is 11.8 Å². The molecule has 0 atom stereocenters. The second-order valence-corrected chi connectivity index (χ2v) is 5.58. The third-order valence-corrected chi connectivity index (χ3v) is 3.63. The molecule has 0 saturated heterocycles. The van der Waals surface area contributed by atoms with E-state index in [-0.39, 0.29) is 11.8 Å². The zero-order chi connectivity index (χ0) is 18.1. The molecule has 0 aliphatic heterocycles. The number of benzene rings is 1. The number of pyridine rings is 1. The summed E-state index contributed by atoms with van der Waals surface area (Å²) in [6.07, 6.45) is 4.45. The zero-order valence-corrected chi connectivity index (χ0v) is 14.5. The van der Waals surface area contributed by atoms with Crippen molar-refractivity contribution < 1.29 is 14.3 Å². The standard InChI is InChI=1S/C19H23N3O3/c1-3-8-21-18(23)15-11-16(13-20-12-15)19(24)22-9-7-14-5-4-6-17(10-14)25-2/h4-6,10-13H,3,7-9H2,1-2H3,(H,21,23)(H,22,24). The first-order chi connectivity index (χ1) is 12.1. The molecule has 1 aromatic carbocycles. The predicted molar refractivity (Wildman–Crippen MR) is 95.9 cm³/mol. The predicted octanol–water partition coefficient (Wildman–Crippen LogP) is 2.20. The minimum absolute atomic E-state index is 0.222. The Balaban J connectivity index is 1.91. The first-order valence-electron chi connectivity index (χ1n) is 8.28. The highest BCUT2D eigenvalue weighted by Gasteiger charge is 2.10. The van der Waals surface area contributed by atoms with Gasteiger partial charge in [0.25, 0.3) is 11.8 Å². The number of rotatable bonds is 8. The molecule has 0 bridgehead atoms. The lowest BCUT2D eigenvalue weighted by Crippen LogP contribution is -2.27. The van der Waals surface area contributed by atoms with Crippen molar-refractivity contribution in [3.8, 4) is 5.75 Å². The van der Waals surface area contributed by atoms with E-state index in [1.165, 1.54) is 12.4 Å². The lowest BCUT2D eigenvalue weighted by Gasteiger charge is -2.08. The van der Waals surface area contributed by atoms with E-state index in [9.17, 15) is 9.59 Å². The molecule has 2 aromatic rings. The Morgan fingerprint density at radius 1 is 1.04 bits per heavy atom. The molecule has 0 aliphatic carbocycles. The summed E-state index contributed by atoms with van der Waals surface area (Å²) in [6, 6.07) is 9.27. The number of aromatic nitrogens is 1. The van der Waals surface area contributed by atoms with E-state index in [1.54, 1.807) is 13.2 Å². The molecule has 0 aliphatic rings. The number of hydrogen-bond donors (Lipinski definition) is 2. The number of amides is 2. The lowest BCUT2D eigenvalue weighted by atomic mass is 10.1. The van der Waals surface area contributed by atoms with Gasteiger partial charge in [0, 0.05) is 25.5 Å². The third kappa shape index (κ3) is 5.60. The van der Waals surface area contributed by atoms with Gasteiger partial charge in [-0.2, -0.15) is 0 Å². The minimum Gasteiger partial charge on any atom is -0.497 e. The molecule has 0 fully saturated rings. The zero-order valence-electron chi connectivity index (χ0n) is 14.5. The van der Waals surface area contributed by atoms with Crippen LogP contribution in [0.25, 0.3) is 0 Å². The molecule has 0 saturated carbocycles. The number of methoxy groups -OCH3 is 1. The van der Waals surface area contributed by atoms with Crippen LogP contribution in [0.1, 0.15) is 39.6 Å². The second-order valence-electron chi connectivity index (χ2n) is 5.58. The average molecular weight is 341 g/mol. The summed E-state index contributed by atoms with van der Waals surface area (Å²) in [5, 5.41) is 5.61. The first-order valence-corrected chi connectivity index (χ1v) is 8.28. The number of nitrogens with one attached hydrogen (secondary N) is 2. The van der Waals surface area contributed by atoms with Crippen LogP contribution >= 0.6 is 0 Å². The summed E-state index contributed by atoms with van der Waals surface area (Å²) >= 11 is 0. The smallest absolute Gasteiger partial charge is 0.252 e. The number of ether oxygens (including phenoxy) is 1. The molecule has 2 N–H and O–H groups in total. The fraction of sp³-hybridized carbons (Fsp3) is 0.316. The maximum absolute atomic E-state index is 12.2. The Hall–Kier alpha value is -2.89. The summed E-state index contributed by atoms with van der Waals surface area (Å²) in [4.78, 5) is 28.2. The molecule has 132 valence electrons.